The van der Waals surface area contributed by atoms with Gasteiger partial charge in [0, 0.05) is 0 Å². The lowest BCUT2D eigenvalue weighted by Gasteiger charge is -1.92. The molecule has 11 heavy (non-hydrogen) atoms. The van der Waals surface area contributed by atoms with Gasteiger partial charge in [0.1, 0.15) is 0 Å². The van der Waals surface area contributed by atoms with Crippen molar-refractivity contribution in [1.82, 2.24) is 0 Å². The van der Waals surface area contributed by atoms with E-state index in [-0.39, 0.29) is 0 Å². The minimum absolute atomic E-state index is 0.939. The van der Waals surface area contributed by atoms with E-state index in [0.717, 1.165) is 6.42 Å². The van der Waals surface area contributed by atoms with Gasteiger partial charge in [-0.2, -0.15) is 0 Å². The number of rotatable bonds is 4. The van der Waals surface area contributed by atoms with E-state index in [4.69, 9.17) is 0 Å². The fourth-order valence-corrected chi connectivity index (χ4v) is 0.792. The molecule has 60 valence electrons. The van der Waals surface area contributed by atoms with Gasteiger partial charge >= 0.3 is 0 Å². The topological polar surface area (TPSA) is 0 Å². The van der Waals surface area contributed by atoms with Crippen LogP contribution in [0.2, 0.25) is 0 Å². The molecule has 0 saturated carbocycles. The van der Waals surface area contributed by atoms with Crippen molar-refractivity contribution in [2.24, 2.45) is 0 Å². The minimum atomic E-state index is 0.939. The van der Waals surface area contributed by atoms with Gasteiger partial charge in [0.25, 0.3) is 0 Å². The number of hydrogen-bond acceptors (Lipinski definition) is 0. The van der Waals surface area contributed by atoms with Crippen LogP contribution in [0.4, 0.5) is 0 Å². The summed E-state index contributed by atoms with van der Waals surface area (Å²) >= 11 is 0. The third-order valence-electron chi connectivity index (χ3n) is 1.26. The summed E-state index contributed by atoms with van der Waals surface area (Å²) in [4.78, 5) is 0. The van der Waals surface area contributed by atoms with E-state index >= 15 is 0 Å². The predicted octanol–water partition coefficient (Wildman–Crippen LogP) is 3.64. The quantitative estimate of drug-likeness (QED) is 0.422. The largest absolute Gasteiger partial charge is 0.103 e. The van der Waals surface area contributed by atoms with Crippen molar-refractivity contribution in [3.05, 3.63) is 48.6 Å². The summed E-state index contributed by atoms with van der Waals surface area (Å²) in [6.45, 7) is 7.72. The highest BCUT2D eigenvalue weighted by Crippen LogP contribution is 2.03. The molecule has 0 atom stereocenters. The second-order valence-corrected chi connectivity index (χ2v) is 2.26. The molecule has 0 aromatic carbocycles. The fourth-order valence-electron chi connectivity index (χ4n) is 0.792. The molecule has 0 radical (unpaired) electrons. The second kappa shape index (κ2) is 7.07. The molecule has 0 aliphatic heterocycles. The van der Waals surface area contributed by atoms with Crippen LogP contribution in [0.3, 0.4) is 0 Å². The van der Waals surface area contributed by atoms with Gasteiger partial charge in [0.15, 0.2) is 0 Å². The number of hydrogen-bond donors (Lipinski definition) is 0. The maximum atomic E-state index is 3.69. The average molecular weight is 148 g/mol. The van der Waals surface area contributed by atoms with Gasteiger partial charge in [0.2, 0.25) is 0 Å². The summed E-state index contributed by atoms with van der Waals surface area (Å²) < 4.78 is 0. The molecule has 0 aromatic heterocycles. The van der Waals surface area contributed by atoms with E-state index in [1.165, 1.54) is 5.57 Å². The molecule has 0 heteroatoms. The van der Waals surface area contributed by atoms with Gasteiger partial charge in [-0.05, 0) is 25.8 Å². The van der Waals surface area contributed by atoms with Crippen molar-refractivity contribution in [2.45, 2.75) is 20.3 Å². The normalized spacial score (nSPS) is 13.1. The van der Waals surface area contributed by atoms with E-state index in [2.05, 4.69) is 18.7 Å². The molecule has 0 nitrogen and oxygen atoms in total. The van der Waals surface area contributed by atoms with Crippen LogP contribution < -0.4 is 0 Å². The maximum Gasteiger partial charge on any atom is -0.0100 e. The third kappa shape index (κ3) is 5.41. The van der Waals surface area contributed by atoms with E-state index in [1.807, 2.05) is 38.2 Å². The third-order valence-corrected chi connectivity index (χ3v) is 1.26. The summed E-state index contributed by atoms with van der Waals surface area (Å²) in [5.74, 6) is 0. The summed E-state index contributed by atoms with van der Waals surface area (Å²) in [7, 11) is 0. The van der Waals surface area contributed by atoms with Crippen LogP contribution in [0.1, 0.15) is 20.3 Å². The Morgan fingerprint density at radius 2 is 2.00 bits per heavy atom. The van der Waals surface area contributed by atoms with E-state index in [9.17, 15) is 0 Å². The van der Waals surface area contributed by atoms with Crippen LogP contribution in [0.25, 0.3) is 0 Å². The lowest BCUT2D eigenvalue weighted by molar-refractivity contribution is 1.29. The molecule has 0 fully saturated rings. The molecule has 0 rings (SSSR count). The Balaban J connectivity index is 4.18. The van der Waals surface area contributed by atoms with E-state index < -0.39 is 0 Å². The first-order chi connectivity index (χ1) is 5.35. The Morgan fingerprint density at radius 1 is 1.27 bits per heavy atom. The van der Waals surface area contributed by atoms with Crippen LogP contribution in [-0.2, 0) is 0 Å². The molecule has 0 aliphatic carbocycles. The number of allylic oxidation sites excluding steroid dienone is 7. The monoisotopic (exact) mass is 148 g/mol. The van der Waals surface area contributed by atoms with E-state index in [0.29, 0.717) is 0 Å². The van der Waals surface area contributed by atoms with Crippen molar-refractivity contribution >= 4 is 0 Å². The molecule has 0 heterocycles. The molecule has 0 aliphatic rings. The highest BCUT2D eigenvalue weighted by Gasteiger charge is 1.83. The zero-order chi connectivity index (χ0) is 8.53. The first-order valence-electron chi connectivity index (χ1n) is 3.90. The summed E-state index contributed by atoms with van der Waals surface area (Å²) in [6.07, 6.45) is 13.2. The van der Waals surface area contributed by atoms with E-state index in [1.54, 1.807) is 0 Å². The molecule has 0 saturated heterocycles. The molecule has 0 bridgehead atoms. The van der Waals surface area contributed by atoms with Gasteiger partial charge in [-0.1, -0.05) is 36.5 Å². The van der Waals surface area contributed by atoms with Crippen molar-refractivity contribution in [1.29, 1.82) is 0 Å². The molecular weight excluding hydrogens is 132 g/mol. The van der Waals surface area contributed by atoms with Crippen molar-refractivity contribution < 1.29 is 0 Å². The highest BCUT2D eigenvalue weighted by molar-refractivity contribution is 5.25. The van der Waals surface area contributed by atoms with Crippen molar-refractivity contribution in [3.8, 4) is 0 Å². The maximum absolute atomic E-state index is 3.69. The summed E-state index contributed by atoms with van der Waals surface area (Å²) in [5.41, 5.74) is 1.29. The first-order valence-corrected chi connectivity index (χ1v) is 3.90. The minimum Gasteiger partial charge on any atom is -0.103 e. The van der Waals surface area contributed by atoms with Gasteiger partial charge < -0.3 is 0 Å². The average Bonchev–Trinajstić information content (AvgIpc) is 2.01. The predicted molar refractivity (Wildman–Crippen MR) is 52.5 cm³/mol. The summed E-state index contributed by atoms with van der Waals surface area (Å²) in [5, 5.41) is 0. The van der Waals surface area contributed by atoms with Gasteiger partial charge in [-0.25, -0.2) is 0 Å². The van der Waals surface area contributed by atoms with Crippen LogP contribution in [0.15, 0.2) is 48.6 Å². The lowest BCUT2D eigenvalue weighted by Crippen LogP contribution is -1.72. The van der Waals surface area contributed by atoms with Crippen LogP contribution in [0.5, 0.6) is 0 Å². The lowest BCUT2D eigenvalue weighted by atomic mass is 10.1. The summed E-state index contributed by atoms with van der Waals surface area (Å²) in [6, 6.07) is 0. The van der Waals surface area contributed by atoms with Gasteiger partial charge in [-0.3, -0.25) is 0 Å². The Labute approximate surface area is 69.6 Å². The zero-order valence-electron chi connectivity index (χ0n) is 7.38. The Kier molecular flexibility index (Phi) is 6.40. The smallest absolute Gasteiger partial charge is 0.0100 e. The molecule has 0 N–H and O–H groups in total. The Bertz CT molecular complexity index is 180. The standard InChI is InChI=1S/C11H16/c1-4-7-10-11(8-5-2)9-6-3/h4-7,9-10H,2,8H2,1,3H3/b7-4+,9-6-,11-10-. The molecule has 0 amide bonds. The van der Waals surface area contributed by atoms with Crippen molar-refractivity contribution in [3.63, 3.8) is 0 Å². The highest BCUT2D eigenvalue weighted by atomic mass is 13.9. The molecule has 0 spiro atoms. The van der Waals surface area contributed by atoms with Gasteiger partial charge in [0.05, 0.1) is 0 Å². The SMILES string of the molecule is C=CCC(/C=C\C)=C/C=C/C. The Morgan fingerprint density at radius 3 is 2.45 bits per heavy atom. The molecule has 0 unspecified atom stereocenters. The zero-order valence-corrected chi connectivity index (χ0v) is 7.38. The van der Waals surface area contributed by atoms with Crippen molar-refractivity contribution in [2.75, 3.05) is 0 Å². The first kappa shape index (κ1) is 9.96. The van der Waals surface area contributed by atoms with Crippen LogP contribution >= 0.6 is 0 Å². The molecular formula is C11H16. The fraction of sp³-hybridized carbons (Fsp3) is 0.273. The van der Waals surface area contributed by atoms with Gasteiger partial charge in [-0.15, -0.1) is 6.58 Å². The molecule has 0 aromatic rings. The van der Waals surface area contributed by atoms with Crippen LogP contribution in [-0.4, -0.2) is 0 Å². The Hall–Kier alpha value is -1.04. The van der Waals surface area contributed by atoms with Crippen LogP contribution in [0, 0.1) is 0 Å². The second-order valence-electron chi connectivity index (χ2n) is 2.26.